The van der Waals surface area contributed by atoms with Gasteiger partial charge in [-0.15, -0.1) is 0 Å². The molecule has 0 amide bonds. The van der Waals surface area contributed by atoms with E-state index in [4.69, 9.17) is 14.2 Å². The Morgan fingerprint density at radius 1 is 1.10 bits per heavy atom. The molecule has 1 heterocycles. The lowest BCUT2D eigenvalue weighted by Gasteiger charge is -2.29. The van der Waals surface area contributed by atoms with Gasteiger partial charge in [-0.3, -0.25) is 0 Å². The molecule has 0 spiro atoms. The van der Waals surface area contributed by atoms with Crippen molar-refractivity contribution in [2.45, 2.75) is 52.1 Å². The molecule has 1 saturated heterocycles. The average molecular weight is 407 g/mol. The molecule has 2 aromatic rings. The molecule has 1 fully saturated rings. The predicted molar refractivity (Wildman–Crippen MR) is 122 cm³/mol. The second-order valence-corrected chi connectivity index (χ2v) is 7.84. The number of ether oxygens (including phenoxy) is 3. The van der Waals surface area contributed by atoms with Gasteiger partial charge in [-0.25, -0.2) is 0 Å². The molecule has 0 aromatic heterocycles. The van der Waals surface area contributed by atoms with Gasteiger partial charge in [0.05, 0.1) is 19.3 Å². The topological polar surface area (TPSA) is 27.7 Å². The highest BCUT2D eigenvalue weighted by atomic mass is 16.7. The normalized spacial score (nSPS) is 21.1. The lowest BCUT2D eigenvalue weighted by Crippen LogP contribution is -2.25. The van der Waals surface area contributed by atoms with Crippen LogP contribution in [-0.2, 0) is 20.8 Å². The van der Waals surface area contributed by atoms with Gasteiger partial charge in [0.25, 0.3) is 0 Å². The zero-order valence-electron chi connectivity index (χ0n) is 18.2. The van der Waals surface area contributed by atoms with Crippen molar-refractivity contribution in [3.63, 3.8) is 0 Å². The fourth-order valence-corrected chi connectivity index (χ4v) is 3.49. The molecule has 1 aliphatic heterocycles. The van der Waals surface area contributed by atoms with Crippen LogP contribution in [0.3, 0.4) is 0 Å². The Balaban J connectivity index is 1.44. The van der Waals surface area contributed by atoms with Gasteiger partial charge in [0, 0.05) is 18.6 Å². The highest BCUT2D eigenvalue weighted by Gasteiger charge is 2.22. The SMILES string of the molecule is CCC(/C=C\[C@H]1CCO[C@@H](c2ccccc2)O1)=C/[C@H](C)CCOCc1ccccc1. The maximum absolute atomic E-state index is 6.14. The molecule has 0 radical (unpaired) electrons. The molecule has 2 aromatic carbocycles. The number of hydrogen-bond acceptors (Lipinski definition) is 3. The van der Waals surface area contributed by atoms with Crippen LogP contribution in [0.2, 0.25) is 0 Å². The van der Waals surface area contributed by atoms with Crippen molar-refractivity contribution < 1.29 is 14.2 Å². The van der Waals surface area contributed by atoms with Crippen molar-refractivity contribution in [1.82, 2.24) is 0 Å². The number of hydrogen-bond donors (Lipinski definition) is 0. The molecule has 0 saturated carbocycles. The Hall–Kier alpha value is -2.20. The van der Waals surface area contributed by atoms with Gasteiger partial charge in [0.2, 0.25) is 0 Å². The molecule has 0 unspecified atom stereocenters. The quantitative estimate of drug-likeness (QED) is 0.327. The Morgan fingerprint density at radius 3 is 2.57 bits per heavy atom. The maximum Gasteiger partial charge on any atom is 0.184 e. The molecule has 0 bridgehead atoms. The van der Waals surface area contributed by atoms with Crippen LogP contribution in [-0.4, -0.2) is 19.3 Å². The zero-order valence-corrected chi connectivity index (χ0v) is 18.2. The Kier molecular flexibility index (Phi) is 9.36. The number of benzene rings is 2. The van der Waals surface area contributed by atoms with Crippen molar-refractivity contribution in [3.05, 3.63) is 95.6 Å². The summed E-state index contributed by atoms with van der Waals surface area (Å²) in [6, 6.07) is 20.5. The summed E-state index contributed by atoms with van der Waals surface area (Å²) in [4.78, 5) is 0. The monoisotopic (exact) mass is 406 g/mol. The fraction of sp³-hybridized carbons (Fsp3) is 0.407. The van der Waals surface area contributed by atoms with Gasteiger partial charge in [0.1, 0.15) is 0 Å². The summed E-state index contributed by atoms with van der Waals surface area (Å²) < 4.78 is 17.8. The summed E-state index contributed by atoms with van der Waals surface area (Å²) in [5.41, 5.74) is 3.64. The van der Waals surface area contributed by atoms with Crippen LogP contribution in [0.1, 0.15) is 50.5 Å². The van der Waals surface area contributed by atoms with E-state index in [0.717, 1.165) is 38.0 Å². The van der Waals surface area contributed by atoms with E-state index in [1.165, 1.54) is 11.1 Å². The van der Waals surface area contributed by atoms with Crippen molar-refractivity contribution in [2.75, 3.05) is 13.2 Å². The molecule has 0 aliphatic carbocycles. The minimum absolute atomic E-state index is 0.0865. The second-order valence-electron chi connectivity index (χ2n) is 7.84. The molecule has 1 aliphatic rings. The standard InChI is InChI=1S/C27H34O3/c1-3-23(20-22(2)16-18-28-21-24-10-6-4-7-11-24)14-15-26-17-19-29-27(30-26)25-12-8-5-9-13-25/h4-15,20,22,26-27H,3,16-19,21H2,1-2H3/b15-14-,23-20-/t22-,26+,27-/m1/s1. The van der Waals surface area contributed by atoms with E-state index in [1.54, 1.807) is 0 Å². The third kappa shape index (κ3) is 7.56. The fourth-order valence-electron chi connectivity index (χ4n) is 3.49. The highest BCUT2D eigenvalue weighted by Crippen LogP contribution is 2.27. The first kappa shape index (κ1) is 22.5. The van der Waals surface area contributed by atoms with Crippen molar-refractivity contribution in [2.24, 2.45) is 5.92 Å². The Morgan fingerprint density at radius 2 is 1.83 bits per heavy atom. The van der Waals surface area contributed by atoms with Gasteiger partial charge in [-0.05, 0) is 24.3 Å². The van der Waals surface area contributed by atoms with Crippen LogP contribution in [0.25, 0.3) is 0 Å². The third-order valence-corrected chi connectivity index (χ3v) is 5.30. The van der Waals surface area contributed by atoms with Crippen LogP contribution in [0.4, 0.5) is 0 Å². The molecule has 3 atom stereocenters. The van der Waals surface area contributed by atoms with Crippen molar-refractivity contribution in [1.29, 1.82) is 0 Å². The first-order valence-electron chi connectivity index (χ1n) is 11.1. The molecule has 3 nitrogen and oxygen atoms in total. The minimum atomic E-state index is -0.274. The predicted octanol–water partition coefficient (Wildman–Crippen LogP) is 6.63. The van der Waals surface area contributed by atoms with Gasteiger partial charge in [0.15, 0.2) is 6.29 Å². The van der Waals surface area contributed by atoms with Crippen LogP contribution in [0, 0.1) is 5.92 Å². The second kappa shape index (κ2) is 12.5. The van der Waals surface area contributed by atoms with Crippen molar-refractivity contribution in [3.8, 4) is 0 Å². The molecular weight excluding hydrogens is 372 g/mol. The molecular formula is C27H34O3. The van der Waals surface area contributed by atoms with E-state index >= 15 is 0 Å². The van der Waals surface area contributed by atoms with E-state index in [9.17, 15) is 0 Å². The first-order chi connectivity index (χ1) is 14.7. The van der Waals surface area contributed by atoms with Crippen LogP contribution < -0.4 is 0 Å². The number of rotatable bonds is 10. The Labute approximate surface area is 181 Å². The van der Waals surface area contributed by atoms with Gasteiger partial charge in [-0.2, -0.15) is 0 Å². The van der Waals surface area contributed by atoms with Crippen LogP contribution in [0.15, 0.2) is 84.5 Å². The molecule has 3 heteroatoms. The summed E-state index contributed by atoms with van der Waals surface area (Å²) in [6.45, 7) is 6.63. The van der Waals surface area contributed by atoms with E-state index in [2.05, 4.69) is 56.3 Å². The van der Waals surface area contributed by atoms with Gasteiger partial charge in [-0.1, -0.05) is 98.3 Å². The summed E-state index contributed by atoms with van der Waals surface area (Å²) in [7, 11) is 0. The zero-order chi connectivity index (χ0) is 21.0. The highest BCUT2D eigenvalue weighted by molar-refractivity contribution is 5.21. The summed E-state index contributed by atoms with van der Waals surface area (Å²) in [5, 5.41) is 0. The summed E-state index contributed by atoms with van der Waals surface area (Å²) in [5.74, 6) is 0.480. The van der Waals surface area contributed by atoms with Crippen LogP contribution in [0.5, 0.6) is 0 Å². The molecule has 30 heavy (non-hydrogen) atoms. The van der Waals surface area contributed by atoms with E-state index in [-0.39, 0.29) is 12.4 Å². The third-order valence-electron chi connectivity index (χ3n) is 5.30. The summed E-state index contributed by atoms with van der Waals surface area (Å²) in [6.07, 6.45) is 9.50. The molecule has 160 valence electrons. The van der Waals surface area contributed by atoms with E-state index in [1.807, 2.05) is 36.4 Å². The lowest BCUT2D eigenvalue weighted by atomic mass is 10.0. The Bertz CT molecular complexity index is 782. The molecule has 3 rings (SSSR count). The largest absolute Gasteiger partial charge is 0.377 e. The minimum Gasteiger partial charge on any atom is -0.377 e. The maximum atomic E-state index is 6.14. The van der Waals surface area contributed by atoms with E-state index in [0.29, 0.717) is 12.5 Å². The smallest absolute Gasteiger partial charge is 0.184 e. The first-order valence-corrected chi connectivity index (χ1v) is 11.1. The van der Waals surface area contributed by atoms with Gasteiger partial charge >= 0.3 is 0 Å². The van der Waals surface area contributed by atoms with E-state index < -0.39 is 0 Å². The van der Waals surface area contributed by atoms with Crippen LogP contribution >= 0.6 is 0 Å². The molecule has 0 N–H and O–H groups in total. The average Bonchev–Trinajstić information content (AvgIpc) is 2.81. The number of allylic oxidation sites excluding steroid dienone is 3. The summed E-state index contributed by atoms with van der Waals surface area (Å²) >= 11 is 0. The van der Waals surface area contributed by atoms with Crippen molar-refractivity contribution >= 4 is 0 Å². The lowest BCUT2D eigenvalue weighted by molar-refractivity contribution is -0.204. The van der Waals surface area contributed by atoms with Gasteiger partial charge < -0.3 is 14.2 Å².